The predicted octanol–water partition coefficient (Wildman–Crippen LogP) is 2.77. The molecule has 2 aromatic rings. The number of hydrogen-bond donors (Lipinski definition) is 1. The van der Waals surface area contributed by atoms with Gasteiger partial charge in [0.1, 0.15) is 11.3 Å². The number of oxazole rings is 1. The monoisotopic (exact) mass is 260 g/mol. The third-order valence-corrected chi connectivity index (χ3v) is 3.80. The third kappa shape index (κ3) is 2.89. The standard InChI is InChI=1S/C15H20N2O2/c1-18-12-5-6-14-13(9-12)17-15(19-14)7-4-11-3-2-8-16-10-11/h5-6,9,11,16H,2-4,7-8,10H2,1H3. The van der Waals surface area contributed by atoms with E-state index in [1.807, 2.05) is 18.2 Å². The molecule has 0 spiro atoms. The Morgan fingerprint density at radius 2 is 2.42 bits per heavy atom. The van der Waals surface area contributed by atoms with Gasteiger partial charge in [0.05, 0.1) is 7.11 Å². The predicted molar refractivity (Wildman–Crippen MR) is 74.5 cm³/mol. The highest BCUT2D eigenvalue weighted by atomic mass is 16.5. The molecule has 0 amide bonds. The van der Waals surface area contributed by atoms with E-state index in [1.54, 1.807) is 7.11 Å². The van der Waals surface area contributed by atoms with Crippen LogP contribution in [0.3, 0.4) is 0 Å². The summed E-state index contributed by atoms with van der Waals surface area (Å²) >= 11 is 0. The minimum atomic E-state index is 0.762. The van der Waals surface area contributed by atoms with E-state index in [9.17, 15) is 0 Å². The van der Waals surface area contributed by atoms with Crippen LogP contribution in [0, 0.1) is 5.92 Å². The van der Waals surface area contributed by atoms with E-state index in [0.717, 1.165) is 48.0 Å². The topological polar surface area (TPSA) is 47.3 Å². The molecule has 1 unspecified atom stereocenters. The molecule has 0 aliphatic carbocycles. The second-order valence-electron chi connectivity index (χ2n) is 5.19. The molecule has 1 fully saturated rings. The van der Waals surface area contributed by atoms with E-state index in [0.29, 0.717) is 0 Å². The van der Waals surface area contributed by atoms with Crippen LogP contribution in [-0.4, -0.2) is 25.2 Å². The molecule has 2 heterocycles. The van der Waals surface area contributed by atoms with Crippen LogP contribution in [0.4, 0.5) is 0 Å². The first kappa shape index (κ1) is 12.5. The average molecular weight is 260 g/mol. The molecule has 1 N–H and O–H groups in total. The quantitative estimate of drug-likeness (QED) is 0.918. The average Bonchev–Trinajstić information content (AvgIpc) is 2.88. The smallest absolute Gasteiger partial charge is 0.195 e. The van der Waals surface area contributed by atoms with E-state index in [4.69, 9.17) is 9.15 Å². The van der Waals surface area contributed by atoms with Crippen molar-refractivity contribution in [2.24, 2.45) is 5.92 Å². The van der Waals surface area contributed by atoms with Crippen LogP contribution in [0.25, 0.3) is 11.1 Å². The lowest BCUT2D eigenvalue weighted by molar-refractivity contribution is 0.347. The molecule has 102 valence electrons. The minimum absolute atomic E-state index is 0.762. The Bertz CT molecular complexity index is 544. The molecule has 1 aliphatic heterocycles. The Kier molecular flexibility index (Phi) is 3.69. The fraction of sp³-hybridized carbons (Fsp3) is 0.533. The highest BCUT2D eigenvalue weighted by molar-refractivity contribution is 5.74. The summed E-state index contributed by atoms with van der Waals surface area (Å²) < 4.78 is 11.0. The minimum Gasteiger partial charge on any atom is -0.497 e. The lowest BCUT2D eigenvalue weighted by Crippen LogP contribution is -2.29. The number of aromatic nitrogens is 1. The second kappa shape index (κ2) is 5.61. The van der Waals surface area contributed by atoms with E-state index in [-0.39, 0.29) is 0 Å². The lowest BCUT2D eigenvalue weighted by atomic mass is 9.95. The molecule has 0 radical (unpaired) electrons. The number of hydrogen-bond acceptors (Lipinski definition) is 4. The van der Waals surface area contributed by atoms with Crippen molar-refractivity contribution in [3.63, 3.8) is 0 Å². The van der Waals surface area contributed by atoms with Gasteiger partial charge in [-0.2, -0.15) is 0 Å². The zero-order chi connectivity index (χ0) is 13.1. The number of fused-ring (bicyclic) bond motifs is 1. The van der Waals surface area contributed by atoms with Gasteiger partial charge in [-0.1, -0.05) is 0 Å². The molecular formula is C15H20N2O2. The molecule has 0 bridgehead atoms. The van der Waals surface area contributed by atoms with Crippen LogP contribution in [0.2, 0.25) is 0 Å². The van der Waals surface area contributed by atoms with Crippen LogP contribution >= 0.6 is 0 Å². The molecule has 1 saturated heterocycles. The van der Waals surface area contributed by atoms with Crippen LogP contribution in [0.5, 0.6) is 5.75 Å². The van der Waals surface area contributed by atoms with Gasteiger partial charge >= 0.3 is 0 Å². The van der Waals surface area contributed by atoms with Crippen LogP contribution < -0.4 is 10.1 Å². The first-order valence-electron chi connectivity index (χ1n) is 6.99. The SMILES string of the molecule is COc1ccc2oc(CCC3CCCNC3)nc2c1. The van der Waals surface area contributed by atoms with Crippen molar-refractivity contribution in [2.45, 2.75) is 25.7 Å². The number of piperidine rings is 1. The van der Waals surface area contributed by atoms with Crippen molar-refractivity contribution in [1.82, 2.24) is 10.3 Å². The van der Waals surface area contributed by atoms with Gasteiger partial charge < -0.3 is 14.5 Å². The number of nitrogens with one attached hydrogen (secondary N) is 1. The van der Waals surface area contributed by atoms with Crippen molar-refractivity contribution in [3.8, 4) is 5.75 Å². The first-order chi connectivity index (χ1) is 9.35. The molecule has 3 rings (SSSR count). The van der Waals surface area contributed by atoms with Gasteiger partial charge in [-0.05, 0) is 50.4 Å². The zero-order valence-corrected chi connectivity index (χ0v) is 11.3. The summed E-state index contributed by atoms with van der Waals surface area (Å²) in [5.41, 5.74) is 1.73. The van der Waals surface area contributed by atoms with Crippen molar-refractivity contribution in [3.05, 3.63) is 24.1 Å². The third-order valence-electron chi connectivity index (χ3n) is 3.80. The number of methoxy groups -OCH3 is 1. The number of aryl methyl sites for hydroxylation is 1. The van der Waals surface area contributed by atoms with Gasteiger partial charge in [-0.3, -0.25) is 0 Å². The first-order valence-corrected chi connectivity index (χ1v) is 6.99. The molecule has 0 saturated carbocycles. The summed E-state index contributed by atoms with van der Waals surface area (Å²) in [6, 6.07) is 5.75. The Balaban J connectivity index is 1.67. The number of nitrogens with zero attached hydrogens (tertiary/aromatic N) is 1. The largest absolute Gasteiger partial charge is 0.497 e. The van der Waals surface area contributed by atoms with Crippen LogP contribution in [0.1, 0.15) is 25.2 Å². The van der Waals surface area contributed by atoms with Gasteiger partial charge in [-0.15, -0.1) is 0 Å². The Labute approximate surface area is 113 Å². The number of benzene rings is 1. The van der Waals surface area contributed by atoms with Gasteiger partial charge in [0.2, 0.25) is 0 Å². The summed E-state index contributed by atoms with van der Waals surface area (Å²) in [6.07, 6.45) is 4.68. The highest BCUT2D eigenvalue weighted by Crippen LogP contribution is 2.23. The van der Waals surface area contributed by atoms with Gasteiger partial charge in [0.15, 0.2) is 11.5 Å². The van der Waals surface area contributed by atoms with E-state index in [2.05, 4.69) is 10.3 Å². The maximum Gasteiger partial charge on any atom is 0.195 e. The lowest BCUT2D eigenvalue weighted by Gasteiger charge is -2.21. The van der Waals surface area contributed by atoms with Crippen molar-refractivity contribution in [1.29, 1.82) is 0 Å². The van der Waals surface area contributed by atoms with Gasteiger partial charge in [-0.25, -0.2) is 4.98 Å². The summed E-state index contributed by atoms with van der Waals surface area (Å²) in [4.78, 5) is 4.54. The summed E-state index contributed by atoms with van der Waals surface area (Å²) in [5, 5.41) is 3.45. The fourth-order valence-electron chi connectivity index (χ4n) is 2.69. The number of ether oxygens (including phenoxy) is 1. The summed E-state index contributed by atoms with van der Waals surface area (Å²) in [5.74, 6) is 2.43. The van der Waals surface area contributed by atoms with Crippen LogP contribution in [-0.2, 0) is 6.42 Å². The summed E-state index contributed by atoms with van der Waals surface area (Å²) in [6.45, 7) is 2.30. The summed E-state index contributed by atoms with van der Waals surface area (Å²) in [7, 11) is 1.66. The molecule has 1 aromatic carbocycles. The van der Waals surface area contributed by atoms with Crippen molar-refractivity contribution >= 4 is 11.1 Å². The molecule has 1 aliphatic rings. The second-order valence-corrected chi connectivity index (χ2v) is 5.19. The normalized spacial score (nSPS) is 19.7. The van der Waals surface area contributed by atoms with E-state index in [1.165, 1.54) is 19.4 Å². The van der Waals surface area contributed by atoms with E-state index < -0.39 is 0 Å². The van der Waals surface area contributed by atoms with Crippen LogP contribution in [0.15, 0.2) is 22.6 Å². The van der Waals surface area contributed by atoms with Crippen molar-refractivity contribution in [2.75, 3.05) is 20.2 Å². The molecule has 1 aromatic heterocycles. The zero-order valence-electron chi connectivity index (χ0n) is 11.3. The van der Waals surface area contributed by atoms with Gasteiger partial charge in [0.25, 0.3) is 0 Å². The Morgan fingerprint density at radius 1 is 1.47 bits per heavy atom. The molecule has 1 atom stereocenters. The Hall–Kier alpha value is -1.55. The fourth-order valence-corrected chi connectivity index (χ4v) is 2.69. The number of rotatable bonds is 4. The van der Waals surface area contributed by atoms with Gasteiger partial charge in [0, 0.05) is 12.5 Å². The Morgan fingerprint density at radius 3 is 3.21 bits per heavy atom. The molecule has 19 heavy (non-hydrogen) atoms. The maximum absolute atomic E-state index is 5.77. The maximum atomic E-state index is 5.77. The molecule has 4 nitrogen and oxygen atoms in total. The molecular weight excluding hydrogens is 240 g/mol. The highest BCUT2D eigenvalue weighted by Gasteiger charge is 2.14. The van der Waals surface area contributed by atoms with Crippen molar-refractivity contribution < 1.29 is 9.15 Å². The van der Waals surface area contributed by atoms with E-state index >= 15 is 0 Å². The molecule has 4 heteroatoms.